The number of carbonyl (C=O) groups is 1. The smallest absolute Gasteiger partial charge is 0.222 e. The van der Waals surface area contributed by atoms with E-state index in [2.05, 4.69) is 25.5 Å². The number of amides is 1. The van der Waals surface area contributed by atoms with E-state index in [4.69, 9.17) is 0 Å². The molecule has 1 amide bonds. The Morgan fingerprint density at radius 3 is 2.59 bits per heavy atom. The Hall–Kier alpha value is -2.33. The Morgan fingerprint density at radius 2 is 1.93 bits per heavy atom. The van der Waals surface area contributed by atoms with Crippen LogP contribution < -0.4 is 0 Å². The maximum atomic E-state index is 12.2. The number of aromatic amines is 1. The minimum absolute atomic E-state index is 0.0335. The van der Waals surface area contributed by atoms with Gasteiger partial charge in [0.1, 0.15) is 0 Å². The molecule has 0 saturated carbocycles. The molecule has 27 heavy (non-hydrogen) atoms. The van der Waals surface area contributed by atoms with Crippen molar-refractivity contribution in [1.29, 1.82) is 0 Å². The van der Waals surface area contributed by atoms with Crippen molar-refractivity contribution in [2.75, 3.05) is 24.6 Å². The molecule has 2 aliphatic rings. The Kier molecular flexibility index (Phi) is 4.68. The molecule has 0 radical (unpaired) electrons. The van der Waals surface area contributed by atoms with Crippen molar-refractivity contribution >= 4 is 15.7 Å². The molecule has 2 fully saturated rings. The summed E-state index contributed by atoms with van der Waals surface area (Å²) >= 11 is 0. The summed E-state index contributed by atoms with van der Waals surface area (Å²) < 4.78 is 24.5. The number of hydrogen-bond acceptors (Lipinski definition) is 7. The summed E-state index contributed by atoms with van der Waals surface area (Å²) in [5.74, 6) is 0.754. The largest absolute Gasteiger partial charge is 0.336 e. The van der Waals surface area contributed by atoms with Gasteiger partial charge in [-0.25, -0.2) is 8.42 Å². The lowest BCUT2D eigenvalue weighted by molar-refractivity contribution is -0.136. The van der Waals surface area contributed by atoms with E-state index < -0.39 is 9.84 Å². The van der Waals surface area contributed by atoms with Crippen molar-refractivity contribution in [1.82, 2.24) is 30.4 Å². The highest BCUT2D eigenvalue weighted by atomic mass is 32.2. The molecule has 9 nitrogen and oxygen atoms in total. The lowest BCUT2D eigenvalue weighted by Gasteiger charge is -2.44. The summed E-state index contributed by atoms with van der Waals surface area (Å²) in [6, 6.07) is 7.47. The number of sulfone groups is 1. The zero-order chi connectivity index (χ0) is 19.0. The predicted molar refractivity (Wildman–Crippen MR) is 98.3 cm³/mol. The van der Waals surface area contributed by atoms with Crippen LogP contribution in [0.15, 0.2) is 24.3 Å². The third-order valence-electron chi connectivity index (χ3n) is 5.36. The van der Waals surface area contributed by atoms with Crippen LogP contribution in [-0.4, -0.2) is 81.4 Å². The summed E-state index contributed by atoms with van der Waals surface area (Å²) in [5, 5.41) is 13.9. The molecule has 0 unspecified atom stereocenters. The molecule has 1 aromatic carbocycles. The maximum absolute atomic E-state index is 12.2. The van der Waals surface area contributed by atoms with Gasteiger partial charge in [0, 0.05) is 37.7 Å². The van der Waals surface area contributed by atoms with Crippen LogP contribution >= 0.6 is 0 Å². The first kappa shape index (κ1) is 18.1. The molecular formula is C17H22N6O3S. The molecule has 1 aromatic heterocycles. The van der Waals surface area contributed by atoms with E-state index in [1.165, 1.54) is 0 Å². The summed E-state index contributed by atoms with van der Waals surface area (Å²) in [5.41, 5.74) is 1.95. The summed E-state index contributed by atoms with van der Waals surface area (Å²) in [4.78, 5) is 16.2. The summed E-state index contributed by atoms with van der Waals surface area (Å²) in [7, 11) is -3.13. The van der Waals surface area contributed by atoms with E-state index in [0.717, 1.165) is 11.1 Å². The average molecular weight is 390 g/mol. The molecule has 2 aliphatic heterocycles. The highest BCUT2D eigenvalue weighted by Crippen LogP contribution is 2.29. The molecule has 2 atom stereocenters. The van der Waals surface area contributed by atoms with Gasteiger partial charge >= 0.3 is 0 Å². The minimum Gasteiger partial charge on any atom is -0.336 e. The average Bonchev–Trinajstić information content (AvgIpc) is 3.29. The van der Waals surface area contributed by atoms with E-state index in [1.54, 1.807) is 4.90 Å². The molecule has 3 heterocycles. The first-order chi connectivity index (χ1) is 13.0. The monoisotopic (exact) mass is 390 g/mol. The van der Waals surface area contributed by atoms with Gasteiger partial charge in [0.2, 0.25) is 11.7 Å². The molecule has 4 rings (SSSR count). The van der Waals surface area contributed by atoms with Crippen molar-refractivity contribution < 1.29 is 13.2 Å². The van der Waals surface area contributed by atoms with Crippen LogP contribution in [0.3, 0.4) is 0 Å². The number of H-pyrrole nitrogens is 1. The number of rotatable bonds is 4. The standard InChI is InChI=1S/C17H22N6O3S/c1-2-16(24)23-8-7-22(14-10-27(25,26)11-15(14)23)9-12-3-5-13(6-4-12)17-18-20-21-19-17/h3-6,14-15H,2,7-11H2,1H3,(H,18,19,20,21)/t14-,15+/m0/s1. The van der Waals surface area contributed by atoms with Crippen LogP contribution in [0.4, 0.5) is 0 Å². The quantitative estimate of drug-likeness (QED) is 0.787. The van der Waals surface area contributed by atoms with Crippen molar-refractivity contribution in [2.45, 2.75) is 32.0 Å². The molecule has 144 valence electrons. The second-order valence-corrected chi connectivity index (χ2v) is 9.21. The predicted octanol–water partition coefficient (Wildman–Crippen LogP) is 0.0865. The van der Waals surface area contributed by atoms with Crippen molar-refractivity contribution in [2.24, 2.45) is 0 Å². The van der Waals surface area contributed by atoms with Crippen molar-refractivity contribution in [3.05, 3.63) is 29.8 Å². The first-order valence-electron chi connectivity index (χ1n) is 9.03. The molecule has 0 bridgehead atoms. The Morgan fingerprint density at radius 1 is 1.19 bits per heavy atom. The highest BCUT2D eigenvalue weighted by molar-refractivity contribution is 7.91. The Bertz CT molecular complexity index is 913. The molecule has 2 saturated heterocycles. The van der Waals surface area contributed by atoms with Gasteiger partial charge in [0.15, 0.2) is 9.84 Å². The van der Waals surface area contributed by atoms with Crippen LogP contribution in [0.1, 0.15) is 18.9 Å². The van der Waals surface area contributed by atoms with E-state index in [0.29, 0.717) is 31.9 Å². The number of nitrogens with zero attached hydrogens (tertiary/aromatic N) is 5. The van der Waals surface area contributed by atoms with Crippen molar-refractivity contribution in [3.63, 3.8) is 0 Å². The fourth-order valence-corrected chi connectivity index (χ4v) is 6.02. The molecule has 2 aromatic rings. The van der Waals surface area contributed by atoms with Crippen LogP contribution in [0.25, 0.3) is 11.4 Å². The molecular weight excluding hydrogens is 368 g/mol. The van der Waals surface area contributed by atoms with Gasteiger partial charge in [-0.05, 0) is 10.8 Å². The van der Waals surface area contributed by atoms with E-state index >= 15 is 0 Å². The highest BCUT2D eigenvalue weighted by Gasteiger charge is 2.47. The van der Waals surface area contributed by atoms with Gasteiger partial charge in [0.05, 0.1) is 17.5 Å². The second kappa shape index (κ2) is 7.01. The normalized spacial score (nSPS) is 24.7. The fraction of sp³-hybridized carbons (Fsp3) is 0.529. The molecule has 0 spiro atoms. The second-order valence-electron chi connectivity index (χ2n) is 7.06. The molecule has 10 heteroatoms. The van der Waals surface area contributed by atoms with Gasteiger partial charge in [-0.15, -0.1) is 10.2 Å². The van der Waals surface area contributed by atoms with Crippen molar-refractivity contribution in [3.8, 4) is 11.4 Å². The van der Waals surface area contributed by atoms with Gasteiger partial charge in [-0.2, -0.15) is 5.21 Å². The third kappa shape index (κ3) is 3.59. The molecule has 0 aliphatic carbocycles. The lowest BCUT2D eigenvalue weighted by Crippen LogP contribution is -2.60. The molecule has 1 N–H and O–H groups in total. The third-order valence-corrected chi connectivity index (χ3v) is 7.06. The maximum Gasteiger partial charge on any atom is 0.222 e. The van der Waals surface area contributed by atoms with Crippen LogP contribution in [0, 0.1) is 0 Å². The minimum atomic E-state index is -3.13. The van der Waals surface area contributed by atoms with Gasteiger partial charge in [0.25, 0.3) is 0 Å². The number of aromatic nitrogens is 4. The number of fused-ring (bicyclic) bond motifs is 1. The van der Waals surface area contributed by atoms with E-state index in [-0.39, 0.29) is 29.5 Å². The van der Waals surface area contributed by atoms with Crippen LogP contribution in [0.2, 0.25) is 0 Å². The number of piperazine rings is 1. The lowest BCUT2D eigenvalue weighted by atomic mass is 10.0. The SMILES string of the molecule is CCC(=O)N1CCN(Cc2ccc(-c3nn[nH]n3)cc2)[C@H]2CS(=O)(=O)C[C@H]21. The zero-order valence-corrected chi connectivity index (χ0v) is 15.9. The first-order valence-corrected chi connectivity index (χ1v) is 10.9. The van der Waals surface area contributed by atoms with Crippen LogP contribution in [-0.2, 0) is 21.2 Å². The Balaban J connectivity index is 1.51. The number of carbonyl (C=O) groups excluding carboxylic acids is 1. The van der Waals surface area contributed by atoms with Gasteiger partial charge < -0.3 is 4.90 Å². The van der Waals surface area contributed by atoms with Crippen LogP contribution in [0.5, 0.6) is 0 Å². The van der Waals surface area contributed by atoms with E-state index in [1.807, 2.05) is 31.2 Å². The Labute approximate surface area is 157 Å². The van der Waals surface area contributed by atoms with Gasteiger partial charge in [-0.3, -0.25) is 9.69 Å². The summed E-state index contributed by atoms with van der Waals surface area (Å²) in [6.45, 7) is 3.72. The fourth-order valence-electron chi connectivity index (χ4n) is 4.01. The zero-order valence-electron chi connectivity index (χ0n) is 15.1. The number of hydrogen-bond donors (Lipinski definition) is 1. The number of nitrogens with one attached hydrogen (secondary N) is 1. The summed E-state index contributed by atoms with van der Waals surface area (Å²) in [6.07, 6.45) is 0.404. The number of benzene rings is 1. The topological polar surface area (TPSA) is 112 Å². The number of tetrazole rings is 1. The van der Waals surface area contributed by atoms with E-state index in [9.17, 15) is 13.2 Å². The van der Waals surface area contributed by atoms with Gasteiger partial charge in [-0.1, -0.05) is 31.2 Å².